The number of carboxylic acid groups (broad SMARTS) is 1. The molecule has 1 aromatic carbocycles. The van der Waals surface area contributed by atoms with Crippen LogP contribution >= 0.6 is 0 Å². The molecule has 20 heavy (non-hydrogen) atoms. The number of carboxylic acids is 1. The van der Waals surface area contributed by atoms with Crippen molar-refractivity contribution in [2.24, 2.45) is 0 Å². The van der Waals surface area contributed by atoms with Crippen LogP contribution in [-0.2, 0) is 4.79 Å². The lowest BCUT2D eigenvalue weighted by atomic mass is 10.1. The zero-order chi connectivity index (χ0) is 15.3. The van der Waals surface area contributed by atoms with E-state index in [0.29, 0.717) is 6.07 Å². The summed E-state index contributed by atoms with van der Waals surface area (Å²) < 4.78 is 13.4. The molecule has 1 unspecified atom stereocenters. The second-order valence-electron chi connectivity index (χ2n) is 3.81. The fourth-order valence-electron chi connectivity index (χ4n) is 1.43. The first-order chi connectivity index (χ1) is 9.36. The topological polar surface area (TPSA) is 110 Å². The van der Waals surface area contributed by atoms with Crippen molar-refractivity contribution in [2.75, 3.05) is 0 Å². The quantitative estimate of drug-likeness (QED) is 0.466. The minimum atomic E-state index is -1.26. The van der Waals surface area contributed by atoms with E-state index in [1.807, 2.05) is 0 Å². The highest BCUT2D eigenvalue weighted by atomic mass is 19.1. The van der Waals surface area contributed by atoms with Gasteiger partial charge in [-0.05, 0) is 18.6 Å². The van der Waals surface area contributed by atoms with Gasteiger partial charge in [-0.15, -0.1) is 6.58 Å². The van der Waals surface area contributed by atoms with Crippen molar-refractivity contribution >= 4 is 17.6 Å². The average molecular weight is 282 g/mol. The van der Waals surface area contributed by atoms with Gasteiger partial charge in [0.2, 0.25) is 5.82 Å². The number of amides is 1. The molecule has 1 rings (SSSR count). The Morgan fingerprint density at radius 1 is 1.55 bits per heavy atom. The van der Waals surface area contributed by atoms with E-state index in [9.17, 15) is 24.1 Å². The molecule has 0 spiro atoms. The van der Waals surface area contributed by atoms with Crippen molar-refractivity contribution in [3.63, 3.8) is 0 Å². The first-order valence-electron chi connectivity index (χ1n) is 5.45. The minimum absolute atomic E-state index is 0.00344. The van der Waals surface area contributed by atoms with Crippen LogP contribution in [0.4, 0.5) is 10.1 Å². The molecule has 8 heteroatoms. The van der Waals surface area contributed by atoms with Gasteiger partial charge in [0.1, 0.15) is 6.04 Å². The van der Waals surface area contributed by atoms with Crippen LogP contribution in [0.3, 0.4) is 0 Å². The van der Waals surface area contributed by atoms with Crippen LogP contribution < -0.4 is 5.32 Å². The fourth-order valence-corrected chi connectivity index (χ4v) is 1.43. The van der Waals surface area contributed by atoms with Gasteiger partial charge in [0.05, 0.1) is 4.92 Å². The van der Waals surface area contributed by atoms with E-state index < -0.39 is 34.3 Å². The predicted octanol–water partition coefficient (Wildman–Crippen LogP) is 1.49. The number of carbonyl (C=O) groups is 2. The second-order valence-corrected chi connectivity index (χ2v) is 3.81. The van der Waals surface area contributed by atoms with Gasteiger partial charge in [-0.2, -0.15) is 4.39 Å². The Morgan fingerprint density at radius 3 is 2.65 bits per heavy atom. The second kappa shape index (κ2) is 6.41. The number of nitrogens with one attached hydrogen (secondary N) is 1. The van der Waals surface area contributed by atoms with Gasteiger partial charge < -0.3 is 10.4 Å². The number of carbonyl (C=O) groups excluding carboxylic acids is 1. The lowest BCUT2D eigenvalue weighted by Crippen LogP contribution is -2.40. The molecule has 0 aliphatic carbocycles. The molecule has 0 fully saturated rings. The number of halogens is 1. The van der Waals surface area contributed by atoms with Crippen LogP contribution in [0, 0.1) is 15.9 Å². The van der Waals surface area contributed by atoms with Crippen LogP contribution in [0.1, 0.15) is 16.8 Å². The SMILES string of the molecule is C=CCC(NC(=O)c1ccc([N+](=O)[O-])c(F)c1)C(=O)O. The van der Waals surface area contributed by atoms with Crippen LogP contribution in [0.15, 0.2) is 30.9 Å². The molecule has 0 radical (unpaired) electrons. The van der Waals surface area contributed by atoms with Gasteiger partial charge in [0.25, 0.3) is 5.91 Å². The number of hydrogen-bond donors (Lipinski definition) is 2. The summed E-state index contributed by atoms with van der Waals surface area (Å²) in [5, 5.41) is 21.4. The first kappa shape index (κ1) is 15.3. The highest BCUT2D eigenvalue weighted by Gasteiger charge is 2.21. The molecular formula is C12H11FN2O5. The molecule has 106 valence electrons. The van der Waals surface area contributed by atoms with Crippen molar-refractivity contribution in [3.8, 4) is 0 Å². The Kier molecular flexibility index (Phi) is 4.90. The number of nitro groups is 1. The zero-order valence-electron chi connectivity index (χ0n) is 10.2. The molecule has 1 amide bonds. The van der Waals surface area contributed by atoms with Crippen molar-refractivity contribution < 1.29 is 24.0 Å². The Hall–Kier alpha value is -2.77. The lowest BCUT2D eigenvalue weighted by molar-refractivity contribution is -0.387. The molecule has 0 bridgehead atoms. The summed E-state index contributed by atoms with van der Waals surface area (Å²) in [6.07, 6.45) is 1.31. The summed E-state index contributed by atoms with van der Waals surface area (Å²) in [7, 11) is 0. The zero-order valence-corrected chi connectivity index (χ0v) is 10.2. The Morgan fingerprint density at radius 2 is 2.20 bits per heavy atom. The van der Waals surface area contributed by atoms with Crippen LogP contribution in [0.25, 0.3) is 0 Å². The molecule has 0 saturated carbocycles. The highest BCUT2D eigenvalue weighted by molar-refractivity contribution is 5.96. The molecule has 0 aliphatic rings. The van der Waals surface area contributed by atoms with Gasteiger partial charge in [0, 0.05) is 11.6 Å². The number of hydrogen-bond acceptors (Lipinski definition) is 4. The number of nitrogens with zero attached hydrogens (tertiary/aromatic N) is 1. The molecule has 0 saturated heterocycles. The average Bonchev–Trinajstić information content (AvgIpc) is 2.37. The van der Waals surface area contributed by atoms with Crippen LogP contribution in [0.2, 0.25) is 0 Å². The van der Waals surface area contributed by atoms with Crippen LogP contribution in [0.5, 0.6) is 0 Å². The Bertz CT molecular complexity index is 573. The summed E-state index contributed by atoms with van der Waals surface area (Å²) >= 11 is 0. The first-order valence-corrected chi connectivity index (χ1v) is 5.45. The normalized spacial score (nSPS) is 11.4. The lowest BCUT2D eigenvalue weighted by Gasteiger charge is -2.12. The molecular weight excluding hydrogens is 271 g/mol. The maximum absolute atomic E-state index is 13.4. The highest BCUT2D eigenvalue weighted by Crippen LogP contribution is 2.18. The van der Waals surface area contributed by atoms with Gasteiger partial charge >= 0.3 is 11.7 Å². The van der Waals surface area contributed by atoms with E-state index in [0.717, 1.165) is 12.1 Å². The van der Waals surface area contributed by atoms with Crippen molar-refractivity contribution in [3.05, 3.63) is 52.3 Å². The number of aliphatic carboxylic acids is 1. The smallest absolute Gasteiger partial charge is 0.326 e. The van der Waals surface area contributed by atoms with Gasteiger partial charge in [-0.1, -0.05) is 6.08 Å². The number of benzene rings is 1. The molecule has 1 aromatic rings. The predicted molar refractivity (Wildman–Crippen MR) is 66.8 cm³/mol. The van der Waals surface area contributed by atoms with E-state index in [4.69, 9.17) is 5.11 Å². The maximum Gasteiger partial charge on any atom is 0.326 e. The molecule has 1 atom stereocenters. The number of rotatable bonds is 6. The minimum Gasteiger partial charge on any atom is -0.480 e. The number of nitro benzene ring substituents is 1. The van der Waals surface area contributed by atoms with Gasteiger partial charge in [0.15, 0.2) is 0 Å². The van der Waals surface area contributed by atoms with E-state index in [2.05, 4.69) is 11.9 Å². The van der Waals surface area contributed by atoms with Crippen molar-refractivity contribution in [2.45, 2.75) is 12.5 Å². The van der Waals surface area contributed by atoms with Crippen molar-refractivity contribution in [1.29, 1.82) is 0 Å². The monoisotopic (exact) mass is 282 g/mol. The van der Waals surface area contributed by atoms with Crippen LogP contribution in [-0.4, -0.2) is 27.9 Å². The van der Waals surface area contributed by atoms with Crippen molar-refractivity contribution in [1.82, 2.24) is 5.32 Å². The van der Waals surface area contributed by atoms with E-state index in [1.165, 1.54) is 6.08 Å². The van der Waals surface area contributed by atoms with E-state index >= 15 is 0 Å². The van der Waals surface area contributed by atoms with Gasteiger partial charge in [-0.3, -0.25) is 14.9 Å². The van der Waals surface area contributed by atoms with E-state index in [1.54, 1.807) is 0 Å². The molecule has 7 nitrogen and oxygen atoms in total. The molecule has 0 aromatic heterocycles. The van der Waals surface area contributed by atoms with E-state index in [-0.39, 0.29) is 12.0 Å². The maximum atomic E-state index is 13.4. The third-order valence-electron chi connectivity index (χ3n) is 2.41. The summed E-state index contributed by atoms with van der Waals surface area (Å²) in [5.41, 5.74) is -0.967. The third kappa shape index (κ3) is 3.61. The summed E-state index contributed by atoms with van der Waals surface area (Å²) in [4.78, 5) is 32.1. The molecule has 0 heterocycles. The largest absolute Gasteiger partial charge is 0.480 e. The Labute approximate surface area is 112 Å². The molecule has 2 N–H and O–H groups in total. The Balaban J connectivity index is 2.92. The molecule has 0 aliphatic heterocycles. The fraction of sp³-hybridized carbons (Fsp3) is 0.167. The summed E-state index contributed by atoms with van der Waals surface area (Å²) in [6.45, 7) is 3.36. The summed E-state index contributed by atoms with van der Waals surface area (Å²) in [6, 6.07) is 1.37. The third-order valence-corrected chi connectivity index (χ3v) is 2.41. The standard InChI is InChI=1S/C12H11FN2O5/c1-2-3-9(12(17)18)14-11(16)7-4-5-10(15(19)20)8(13)6-7/h2,4-6,9H,1,3H2,(H,14,16)(H,17,18). The van der Waals surface area contributed by atoms with Gasteiger partial charge in [-0.25, -0.2) is 4.79 Å². The summed E-state index contributed by atoms with van der Waals surface area (Å²) in [5.74, 6) is -3.27.